The molecule has 0 bridgehead atoms. The predicted molar refractivity (Wildman–Crippen MR) is 203 cm³/mol. The van der Waals surface area contributed by atoms with Crippen molar-refractivity contribution < 1.29 is 95.3 Å². The van der Waals surface area contributed by atoms with Crippen LogP contribution < -0.4 is 59.1 Å². The van der Waals surface area contributed by atoms with Crippen LogP contribution in [0, 0.1) is 0 Å². The molecular weight excluding hydrogens is 775 g/mol. The Morgan fingerprint density at radius 1 is 0.393 bits per heavy atom. The number of azo groups is 2. The van der Waals surface area contributed by atoms with Crippen LogP contribution in [0.5, 0.6) is 11.5 Å². The monoisotopic (exact) mass is 800 g/mol. The van der Waals surface area contributed by atoms with Crippen molar-refractivity contribution >= 4 is 86.1 Å². The second-order valence-electron chi connectivity index (χ2n) is 11.9. The smallest absolute Gasteiger partial charge is 0.744 e. The number of aromatic hydroxyl groups is 2. The maximum Gasteiger partial charge on any atom is 1.00 e. The van der Waals surface area contributed by atoms with Crippen LogP contribution in [-0.2, 0) is 20.2 Å². The van der Waals surface area contributed by atoms with Crippen molar-refractivity contribution in [3.05, 3.63) is 146 Å². The van der Waals surface area contributed by atoms with E-state index in [2.05, 4.69) is 20.5 Å². The summed E-state index contributed by atoms with van der Waals surface area (Å²) >= 11 is 0. The molecule has 2 N–H and O–H groups in total. The van der Waals surface area contributed by atoms with Crippen molar-refractivity contribution in [2.24, 2.45) is 20.5 Å². The van der Waals surface area contributed by atoms with Crippen LogP contribution in [0.2, 0.25) is 0 Å². The van der Waals surface area contributed by atoms with E-state index in [1.807, 2.05) is 48.5 Å². The van der Waals surface area contributed by atoms with Crippen molar-refractivity contribution in [3.63, 3.8) is 0 Å². The summed E-state index contributed by atoms with van der Waals surface area (Å²) in [5.74, 6) is -0.000891. The number of fused-ring (bicyclic) bond motifs is 4. The number of nitrogens with zero attached hydrogens (tertiary/aromatic N) is 4. The quantitative estimate of drug-likeness (QED) is 0.142. The molecule has 0 radical (unpaired) electrons. The Balaban J connectivity index is 0.000000207. The second kappa shape index (κ2) is 17.7. The summed E-state index contributed by atoms with van der Waals surface area (Å²) < 4.78 is 68.6. The van der Waals surface area contributed by atoms with E-state index in [1.165, 1.54) is 36.4 Å². The van der Waals surface area contributed by atoms with Crippen LogP contribution in [0.15, 0.2) is 176 Å². The van der Waals surface area contributed by atoms with Crippen molar-refractivity contribution in [1.82, 2.24) is 0 Å². The first-order valence-corrected chi connectivity index (χ1v) is 18.9. The van der Waals surface area contributed by atoms with Gasteiger partial charge in [0.1, 0.15) is 43.1 Å². The average Bonchev–Trinajstić information content (AvgIpc) is 3.16. The van der Waals surface area contributed by atoms with Crippen LogP contribution >= 0.6 is 0 Å². The molecule has 56 heavy (non-hydrogen) atoms. The maximum atomic E-state index is 11.5. The van der Waals surface area contributed by atoms with Crippen molar-refractivity contribution in [2.75, 3.05) is 0 Å². The molecule has 8 rings (SSSR count). The van der Waals surface area contributed by atoms with Gasteiger partial charge in [-0.05, 0) is 75.5 Å². The zero-order valence-electron chi connectivity index (χ0n) is 29.8. The summed E-state index contributed by atoms with van der Waals surface area (Å²) in [4.78, 5) is -0.569. The largest absolute Gasteiger partial charge is 1.00 e. The minimum Gasteiger partial charge on any atom is -0.744 e. The molecule has 0 aromatic heterocycles. The summed E-state index contributed by atoms with van der Waals surface area (Å²) in [5, 5.41) is 42.0. The van der Waals surface area contributed by atoms with Gasteiger partial charge in [0.2, 0.25) is 0 Å². The number of hydrogen-bond donors (Lipinski definition) is 2. The first kappa shape index (κ1) is 42.6. The van der Waals surface area contributed by atoms with Gasteiger partial charge in [-0.1, -0.05) is 97.1 Å². The Bertz CT molecular complexity index is 3050. The molecule has 12 nitrogen and oxygen atoms in total. The Kier molecular flexibility index (Phi) is 13.4. The molecular formula is C40H26N4Na2O8S2. The third-order valence-electron chi connectivity index (χ3n) is 8.48. The van der Waals surface area contributed by atoms with E-state index in [0.717, 1.165) is 21.5 Å². The minimum absolute atomic E-state index is 0. The zero-order valence-corrected chi connectivity index (χ0v) is 35.4. The fourth-order valence-electron chi connectivity index (χ4n) is 5.95. The molecule has 0 unspecified atom stereocenters. The van der Waals surface area contributed by atoms with Gasteiger partial charge in [-0.2, -0.15) is 10.2 Å². The number of rotatable bonds is 6. The Labute approximate surface area is 365 Å². The first-order chi connectivity index (χ1) is 25.9. The van der Waals surface area contributed by atoms with E-state index in [4.69, 9.17) is 0 Å². The molecule has 0 atom stereocenters. The third-order valence-corrected chi connectivity index (χ3v) is 10.3. The van der Waals surface area contributed by atoms with Gasteiger partial charge >= 0.3 is 59.1 Å². The van der Waals surface area contributed by atoms with Crippen LogP contribution in [0.4, 0.5) is 22.7 Å². The van der Waals surface area contributed by atoms with Crippen molar-refractivity contribution in [3.8, 4) is 11.5 Å². The fourth-order valence-corrected chi connectivity index (χ4v) is 7.34. The second-order valence-corrected chi connectivity index (χ2v) is 14.6. The van der Waals surface area contributed by atoms with Gasteiger partial charge in [0.05, 0.1) is 21.2 Å². The molecule has 0 heterocycles. The SMILES string of the molecule is O=S(=O)([O-])c1cccc2cc(N=Nc3c(O)ccc4ccccc34)ccc12.O=S(=O)([O-])c1cccc2ccc(N=Nc3c(O)ccc4ccccc34)cc12.[Na+].[Na+]. The van der Waals surface area contributed by atoms with Gasteiger partial charge < -0.3 is 19.3 Å². The van der Waals surface area contributed by atoms with E-state index in [1.54, 1.807) is 60.7 Å². The Hall–Kier alpha value is -4.58. The molecule has 16 heteroatoms. The molecule has 0 saturated heterocycles. The van der Waals surface area contributed by atoms with Crippen LogP contribution in [-0.4, -0.2) is 36.2 Å². The topological polar surface area (TPSA) is 204 Å². The standard InChI is InChI=1S/2C20H14N2O4S.2Na/c23-18-11-8-13-4-1-2-6-17(13)20(18)22-21-15-9-10-16-14(12-15)5-3-7-19(16)27(24,25)26;23-18-11-9-13-4-1-2-6-16(13)20(18)22-21-15-10-8-14-5-3-7-19(17(14)12-15)27(24,25)26;;/h2*1-12,23H,(H,24,25,26);;/q;;2*+1/p-2. The average molecular weight is 801 g/mol. The molecule has 8 aromatic rings. The van der Waals surface area contributed by atoms with E-state index < -0.39 is 20.2 Å². The molecule has 8 aromatic carbocycles. The third kappa shape index (κ3) is 9.33. The van der Waals surface area contributed by atoms with Crippen LogP contribution in [0.1, 0.15) is 0 Å². The summed E-state index contributed by atoms with van der Waals surface area (Å²) in [7, 11) is -9.18. The van der Waals surface area contributed by atoms with Gasteiger partial charge in [0, 0.05) is 16.2 Å². The summed E-state index contributed by atoms with van der Waals surface area (Å²) in [6, 6.07) is 40.1. The van der Waals surface area contributed by atoms with Crippen molar-refractivity contribution in [1.29, 1.82) is 0 Å². The normalized spacial score (nSPS) is 11.8. The van der Waals surface area contributed by atoms with E-state index in [9.17, 15) is 36.2 Å². The predicted octanol–water partition coefficient (Wildman–Crippen LogP) is 4.04. The summed E-state index contributed by atoms with van der Waals surface area (Å²) in [6.45, 7) is 0. The minimum atomic E-state index is -4.61. The van der Waals surface area contributed by atoms with Gasteiger partial charge in [-0.15, -0.1) is 10.2 Å². The molecule has 0 spiro atoms. The van der Waals surface area contributed by atoms with E-state index in [0.29, 0.717) is 38.9 Å². The zero-order chi connectivity index (χ0) is 38.0. The number of phenols is 2. The summed E-state index contributed by atoms with van der Waals surface area (Å²) in [6.07, 6.45) is 0. The molecule has 0 aliphatic heterocycles. The number of phenolic OH excluding ortho intramolecular Hbond substituents is 2. The van der Waals surface area contributed by atoms with Gasteiger partial charge in [0.25, 0.3) is 0 Å². The molecule has 0 saturated carbocycles. The summed E-state index contributed by atoms with van der Waals surface area (Å²) in [5.41, 5.74) is 1.50. The van der Waals surface area contributed by atoms with Crippen LogP contribution in [0.25, 0.3) is 43.1 Å². The molecule has 0 amide bonds. The Morgan fingerprint density at radius 3 is 1.34 bits per heavy atom. The van der Waals surface area contributed by atoms with Crippen LogP contribution in [0.3, 0.4) is 0 Å². The van der Waals surface area contributed by atoms with Gasteiger partial charge in [-0.3, -0.25) is 0 Å². The van der Waals surface area contributed by atoms with E-state index in [-0.39, 0.29) is 85.8 Å². The number of benzene rings is 8. The molecule has 268 valence electrons. The first-order valence-electron chi connectivity index (χ1n) is 16.1. The fraction of sp³-hybridized carbons (Fsp3) is 0. The maximum absolute atomic E-state index is 11.5. The molecule has 0 fully saturated rings. The molecule has 0 aliphatic rings. The van der Waals surface area contributed by atoms with E-state index >= 15 is 0 Å². The Morgan fingerprint density at radius 2 is 0.804 bits per heavy atom. The van der Waals surface area contributed by atoms with Crippen molar-refractivity contribution in [2.45, 2.75) is 9.79 Å². The van der Waals surface area contributed by atoms with Gasteiger partial charge in [-0.25, -0.2) is 16.8 Å². The van der Waals surface area contributed by atoms with Gasteiger partial charge in [0.15, 0.2) is 0 Å². The molecule has 0 aliphatic carbocycles. The number of hydrogen-bond acceptors (Lipinski definition) is 12.